The van der Waals surface area contributed by atoms with E-state index in [9.17, 15) is 0 Å². The molecule has 3 nitrogen and oxygen atoms in total. The molecule has 0 radical (unpaired) electrons. The molecule has 3 aromatic heterocycles. The van der Waals surface area contributed by atoms with Crippen LogP contribution < -0.4 is 0 Å². The Bertz CT molecular complexity index is 3790. The lowest BCUT2D eigenvalue weighted by Gasteiger charge is -2.22. The zero-order chi connectivity index (χ0) is 40.4. The largest absolute Gasteiger partial charge is 0.278 e. The van der Waals surface area contributed by atoms with Crippen molar-refractivity contribution in [1.82, 2.24) is 14.5 Å². The van der Waals surface area contributed by atoms with Gasteiger partial charge in [0.25, 0.3) is 0 Å². The fraction of sp³-hybridized carbons (Fsp3) is 0.0526. The summed E-state index contributed by atoms with van der Waals surface area (Å²) in [5.41, 5.74) is 15.2. The first-order valence-corrected chi connectivity index (χ1v) is 21.8. The van der Waals surface area contributed by atoms with Gasteiger partial charge < -0.3 is 0 Å². The average Bonchev–Trinajstić information content (AvgIpc) is 3.93. The predicted octanol–water partition coefficient (Wildman–Crippen LogP) is 15.6. The molecule has 0 bridgehead atoms. The molecular weight excluding hydrogens is 759 g/mol. The van der Waals surface area contributed by atoms with E-state index in [1.807, 2.05) is 11.3 Å². The molecule has 1 aliphatic rings. The lowest BCUT2D eigenvalue weighted by Crippen LogP contribution is -2.15. The van der Waals surface area contributed by atoms with Crippen LogP contribution in [0.15, 0.2) is 188 Å². The minimum atomic E-state index is -0.111. The van der Waals surface area contributed by atoms with Crippen LogP contribution in [0.5, 0.6) is 0 Å². The van der Waals surface area contributed by atoms with Crippen molar-refractivity contribution >= 4 is 75.0 Å². The van der Waals surface area contributed by atoms with Crippen LogP contribution in [-0.4, -0.2) is 14.5 Å². The third-order valence-corrected chi connectivity index (χ3v) is 14.4. The van der Waals surface area contributed by atoms with Crippen LogP contribution in [0.2, 0.25) is 0 Å². The van der Waals surface area contributed by atoms with E-state index in [0.29, 0.717) is 5.95 Å². The molecule has 286 valence electrons. The highest BCUT2D eigenvalue weighted by Gasteiger charge is 2.35. The molecule has 0 atom stereocenters. The second kappa shape index (κ2) is 12.8. The molecule has 0 unspecified atom stereocenters. The number of para-hydroxylation sites is 2. The van der Waals surface area contributed by atoms with Crippen molar-refractivity contribution in [2.24, 2.45) is 0 Å². The maximum Gasteiger partial charge on any atom is 0.235 e. The van der Waals surface area contributed by atoms with Gasteiger partial charge in [0.05, 0.1) is 22.2 Å². The first-order valence-electron chi connectivity index (χ1n) is 21.0. The van der Waals surface area contributed by atoms with E-state index in [2.05, 4.69) is 206 Å². The lowest BCUT2D eigenvalue weighted by atomic mass is 9.82. The third-order valence-electron chi connectivity index (χ3n) is 13.2. The maximum absolute atomic E-state index is 5.48. The summed E-state index contributed by atoms with van der Waals surface area (Å²) in [6.07, 6.45) is 0. The Balaban J connectivity index is 0.919. The molecule has 0 N–H and O–H groups in total. The van der Waals surface area contributed by atoms with E-state index in [1.165, 1.54) is 86.2 Å². The monoisotopic (exact) mass is 795 g/mol. The topological polar surface area (TPSA) is 30.7 Å². The number of aromatic nitrogens is 3. The quantitative estimate of drug-likeness (QED) is 0.178. The molecule has 0 saturated carbocycles. The fourth-order valence-electron chi connectivity index (χ4n) is 10.2. The minimum Gasteiger partial charge on any atom is -0.278 e. The van der Waals surface area contributed by atoms with Crippen molar-refractivity contribution in [3.8, 4) is 50.6 Å². The smallest absolute Gasteiger partial charge is 0.235 e. The van der Waals surface area contributed by atoms with Crippen LogP contribution in [0, 0.1) is 0 Å². The van der Waals surface area contributed by atoms with Gasteiger partial charge in [-0.15, -0.1) is 11.3 Å². The molecule has 1 aliphatic carbocycles. The standard InChI is InChI=1S/C57H37N3S/c1-57(2)47-15-7-3-11-41(47)42-28-24-39(33-48(42)57)55-44-13-4-8-16-49(44)58-56(59-55)60-50-17-9-5-14-45(50)54-40-27-23-36(31-38(40)25-29-51(54)60)34-19-21-35(22-20-34)37-26-30-53-46(32-37)43-12-6-10-18-52(43)61-53/h3-33H,1-2H3. The summed E-state index contributed by atoms with van der Waals surface area (Å²) in [5.74, 6) is 0.672. The van der Waals surface area contributed by atoms with Crippen molar-refractivity contribution in [2.45, 2.75) is 19.3 Å². The zero-order valence-corrected chi connectivity index (χ0v) is 34.5. The van der Waals surface area contributed by atoms with Gasteiger partial charge >= 0.3 is 0 Å². The second-order valence-electron chi connectivity index (χ2n) is 17.0. The Morgan fingerprint density at radius 3 is 1.95 bits per heavy atom. The maximum atomic E-state index is 5.48. The molecule has 9 aromatic carbocycles. The number of hydrogen-bond acceptors (Lipinski definition) is 3. The van der Waals surface area contributed by atoms with Crippen molar-refractivity contribution in [3.05, 3.63) is 199 Å². The molecule has 0 saturated heterocycles. The number of benzene rings is 9. The Hall–Kier alpha value is -7.40. The predicted molar refractivity (Wildman–Crippen MR) is 258 cm³/mol. The molecular formula is C57H37N3S. The van der Waals surface area contributed by atoms with Crippen molar-refractivity contribution in [3.63, 3.8) is 0 Å². The van der Waals surface area contributed by atoms with E-state index in [1.54, 1.807) is 0 Å². The summed E-state index contributed by atoms with van der Waals surface area (Å²) in [5, 5.41) is 8.51. The highest BCUT2D eigenvalue weighted by atomic mass is 32.1. The number of fused-ring (bicyclic) bond motifs is 12. The molecule has 0 fully saturated rings. The van der Waals surface area contributed by atoms with Crippen molar-refractivity contribution < 1.29 is 0 Å². The van der Waals surface area contributed by atoms with Crippen molar-refractivity contribution in [2.75, 3.05) is 0 Å². The van der Waals surface area contributed by atoms with Gasteiger partial charge in [0, 0.05) is 47.3 Å². The molecule has 3 heterocycles. The Morgan fingerprint density at radius 1 is 0.426 bits per heavy atom. The molecule has 0 spiro atoms. The van der Waals surface area contributed by atoms with Crippen LogP contribution in [0.3, 0.4) is 0 Å². The van der Waals surface area contributed by atoms with Gasteiger partial charge in [-0.1, -0.05) is 153 Å². The summed E-state index contributed by atoms with van der Waals surface area (Å²) in [6.45, 7) is 4.67. The molecule has 0 aliphatic heterocycles. The summed E-state index contributed by atoms with van der Waals surface area (Å²) in [6, 6.07) is 68.8. The normalized spacial score (nSPS) is 13.2. The van der Waals surface area contributed by atoms with Gasteiger partial charge in [0.15, 0.2) is 0 Å². The SMILES string of the molecule is CC1(C)c2ccccc2-c2ccc(-c3nc(-n4c5ccccc5c5c6ccc(-c7ccc(-c8ccc9sc%10ccccc%10c9c8)cc7)cc6ccc54)nc4ccccc34)cc21. The summed E-state index contributed by atoms with van der Waals surface area (Å²) < 4.78 is 4.92. The van der Waals surface area contributed by atoms with Crippen LogP contribution >= 0.6 is 11.3 Å². The Morgan fingerprint density at radius 2 is 1.08 bits per heavy atom. The number of rotatable bonds is 4. The third kappa shape index (κ3) is 5.09. The lowest BCUT2D eigenvalue weighted by molar-refractivity contribution is 0.660. The Kier molecular flexibility index (Phi) is 7.23. The minimum absolute atomic E-state index is 0.111. The highest BCUT2D eigenvalue weighted by molar-refractivity contribution is 7.25. The van der Waals surface area contributed by atoms with Gasteiger partial charge in [-0.05, 0) is 104 Å². The van der Waals surface area contributed by atoms with E-state index < -0.39 is 0 Å². The number of nitrogens with zero attached hydrogens (tertiary/aromatic N) is 3. The van der Waals surface area contributed by atoms with Gasteiger partial charge in [0.1, 0.15) is 0 Å². The van der Waals surface area contributed by atoms with E-state index >= 15 is 0 Å². The van der Waals surface area contributed by atoms with Gasteiger partial charge in [-0.25, -0.2) is 9.97 Å². The average molecular weight is 796 g/mol. The van der Waals surface area contributed by atoms with Crippen molar-refractivity contribution in [1.29, 1.82) is 0 Å². The summed E-state index contributed by atoms with van der Waals surface area (Å²) in [4.78, 5) is 10.8. The van der Waals surface area contributed by atoms with Gasteiger partial charge in [0.2, 0.25) is 5.95 Å². The van der Waals surface area contributed by atoms with Crippen LogP contribution in [0.4, 0.5) is 0 Å². The Labute approximate surface area is 356 Å². The van der Waals surface area contributed by atoms with Gasteiger partial charge in [-0.3, -0.25) is 4.57 Å². The van der Waals surface area contributed by atoms with Crippen LogP contribution in [0.25, 0.3) is 114 Å². The fourth-order valence-corrected chi connectivity index (χ4v) is 11.3. The number of thiophene rings is 1. The van der Waals surface area contributed by atoms with E-state index in [0.717, 1.165) is 33.2 Å². The van der Waals surface area contributed by atoms with Crippen LogP contribution in [0.1, 0.15) is 25.0 Å². The van der Waals surface area contributed by atoms with Crippen LogP contribution in [-0.2, 0) is 5.41 Å². The summed E-state index contributed by atoms with van der Waals surface area (Å²) in [7, 11) is 0. The number of hydrogen-bond donors (Lipinski definition) is 0. The zero-order valence-electron chi connectivity index (χ0n) is 33.6. The first-order chi connectivity index (χ1) is 30.0. The van der Waals surface area contributed by atoms with Gasteiger partial charge in [-0.2, -0.15) is 0 Å². The van der Waals surface area contributed by atoms with E-state index in [4.69, 9.17) is 9.97 Å². The first kappa shape index (κ1) is 34.5. The molecule has 4 heteroatoms. The summed E-state index contributed by atoms with van der Waals surface area (Å²) >= 11 is 1.86. The second-order valence-corrected chi connectivity index (χ2v) is 18.0. The molecule has 13 rings (SSSR count). The van der Waals surface area contributed by atoms with E-state index in [-0.39, 0.29) is 5.41 Å². The highest BCUT2D eigenvalue weighted by Crippen LogP contribution is 2.50. The molecule has 12 aromatic rings. The molecule has 0 amide bonds. The molecule has 61 heavy (non-hydrogen) atoms.